The average Bonchev–Trinajstić information content (AvgIpc) is 2.45. The third-order valence-corrected chi connectivity index (χ3v) is 2.37. The molecular formula is C7H7NO4S. The molecule has 0 bridgehead atoms. The Morgan fingerprint density at radius 3 is 2.62 bits per heavy atom. The summed E-state index contributed by atoms with van der Waals surface area (Å²) in [4.78, 5) is 21.8. The minimum absolute atomic E-state index is 0.0347. The second kappa shape index (κ2) is 3.53. The lowest BCUT2D eigenvalue weighted by molar-refractivity contribution is 0.0588. The Morgan fingerprint density at radius 2 is 2.15 bits per heavy atom. The summed E-state index contributed by atoms with van der Waals surface area (Å²) in [6.45, 7) is 1.53. The van der Waals surface area contributed by atoms with E-state index < -0.39 is 11.9 Å². The predicted octanol–water partition coefficient (Wildman–Crippen LogP) is 0.936. The summed E-state index contributed by atoms with van der Waals surface area (Å²) in [6.07, 6.45) is 0. The van der Waals surface area contributed by atoms with Crippen molar-refractivity contribution in [3.8, 4) is 0 Å². The normalized spacial score (nSPS) is 9.69. The topological polar surface area (TPSA) is 76.5 Å². The summed E-state index contributed by atoms with van der Waals surface area (Å²) in [7, 11) is 1.20. The van der Waals surface area contributed by atoms with Gasteiger partial charge in [0.1, 0.15) is 10.4 Å². The Balaban J connectivity index is 3.22. The second-order valence-corrected chi connectivity index (χ2v) is 3.04. The van der Waals surface area contributed by atoms with Gasteiger partial charge in [-0.15, -0.1) is 0 Å². The zero-order valence-corrected chi connectivity index (χ0v) is 7.84. The second-order valence-electron chi connectivity index (χ2n) is 2.27. The van der Waals surface area contributed by atoms with E-state index >= 15 is 0 Å². The first-order valence-electron chi connectivity index (χ1n) is 3.35. The van der Waals surface area contributed by atoms with E-state index in [1.165, 1.54) is 14.0 Å². The molecule has 1 heterocycles. The van der Waals surface area contributed by atoms with Crippen molar-refractivity contribution in [2.45, 2.75) is 6.92 Å². The number of carbonyl (C=O) groups is 2. The fourth-order valence-corrected chi connectivity index (χ4v) is 1.66. The number of methoxy groups -OCH3 is 1. The maximum atomic E-state index is 11.0. The monoisotopic (exact) mass is 201 g/mol. The summed E-state index contributed by atoms with van der Waals surface area (Å²) in [5.41, 5.74) is 0.259. The molecule has 0 spiro atoms. The first kappa shape index (κ1) is 9.66. The van der Waals surface area contributed by atoms with E-state index in [0.717, 1.165) is 11.5 Å². The quantitative estimate of drug-likeness (QED) is 0.720. The van der Waals surface area contributed by atoms with Crippen molar-refractivity contribution < 1.29 is 19.4 Å². The predicted molar refractivity (Wildman–Crippen MR) is 45.1 cm³/mol. The fourth-order valence-electron chi connectivity index (χ4n) is 0.854. The number of hydrogen-bond donors (Lipinski definition) is 1. The molecule has 0 aliphatic heterocycles. The smallest absolute Gasteiger partial charge is 0.350 e. The lowest BCUT2D eigenvalue weighted by atomic mass is 10.2. The number of aromatic nitrogens is 1. The molecule has 0 aliphatic rings. The minimum atomic E-state index is -1.16. The molecule has 6 heteroatoms. The molecule has 70 valence electrons. The first-order valence-corrected chi connectivity index (χ1v) is 4.13. The summed E-state index contributed by atoms with van der Waals surface area (Å²) in [5.74, 6) is -1.82. The molecule has 0 aromatic carbocycles. The van der Waals surface area contributed by atoms with Gasteiger partial charge in [0.25, 0.3) is 0 Å². The molecule has 0 radical (unpaired) electrons. The Bertz CT molecular complexity index is 357. The van der Waals surface area contributed by atoms with Crippen LogP contribution < -0.4 is 0 Å². The van der Waals surface area contributed by atoms with Crippen LogP contribution in [-0.4, -0.2) is 28.5 Å². The van der Waals surface area contributed by atoms with E-state index in [-0.39, 0.29) is 10.4 Å². The molecule has 1 rings (SSSR count). The van der Waals surface area contributed by atoms with Gasteiger partial charge < -0.3 is 9.84 Å². The highest BCUT2D eigenvalue weighted by Crippen LogP contribution is 2.18. The molecule has 0 atom stereocenters. The number of aryl methyl sites for hydroxylation is 1. The van der Waals surface area contributed by atoms with Crippen LogP contribution in [0.4, 0.5) is 0 Å². The molecule has 1 N–H and O–H groups in total. The highest BCUT2D eigenvalue weighted by atomic mass is 32.1. The number of esters is 1. The van der Waals surface area contributed by atoms with E-state index in [0.29, 0.717) is 5.69 Å². The summed E-state index contributed by atoms with van der Waals surface area (Å²) < 4.78 is 8.18. The highest BCUT2D eigenvalue weighted by Gasteiger charge is 2.23. The number of carboxylic acid groups (broad SMARTS) is 1. The van der Waals surface area contributed by atoms with Crippen molar-refractivity contribution in [1.29, 1.82) is 0 Å². The number of rotatable bonds is 2. The van der Waals surface area contributed by atoms with Gasteiger partial charge in [-0.25, -0.2) is 9.59 Å². The van der Waals surface area contributed by atoms with Gasteiger partial charge in [-0.1, -0.05) is 0 Å². The largest absolute Gasteiger partial charge is 0.478 e. The van der Waals surface area contributed by atoms with Crippen LogP contribution in [0.1, 0.15) is 25.7 Å². The first-order chi connectivity index (χ1) is 6.07. The molecule has 0 aliphatic carbocycles. The van der Waals surface area contributed by atoms with Crippen LogP contribution in [0, 0.1) is 6.92 Å². The third-order valence-electron chi connectivity index (χ3n) is 1.45. The van der Waals surface area contributed by atoms with Gasteiger partial charge >= 0.3 is 11.9 Å². The number of ether oxygens (including phenoxy) is 1. The fraction of sp³-hybridized carbons (Fsp3) is 0.286. The van der Waals surface area contributed by atoms with Crippen LogP contribution in [-0.2, 0) is 4.74 Å². The van der Waals surface area contributed by atoms with E-state index in [2.05, 4.69) is 9.11 Å². The van der Waals surface area contributed by atoms with Crippen molar-refractivity contribution in [3.63, 3.8) is 0 Å². The molecule has 0 fully saturated rings. The summed E-state index contributed by atoms with van der Waals surface area (Å²) in [6, 6.07) is 0. The Kier molecular flexibility index (Phi) is 2.62. The SMILES string of the molecule is COC(=O)c1snc(C)c1C(=O)O. The van der Waals surface area contributed by atoms with Gasteiger partial charge in [0, 0.05) is 0 Å². The highest BCUT2D eigenvalue weighted by molar-refractivity contribution is 7.08. The molecule has 0 saturated heterocycles. The van der Waals surface area contributed by atoms with Crippen LogP contribution >= 0.6 is 11.5 Å². The van der Waals surface area contributed by atoms with Gasteiger partial charge in [0.2, 0.25) is 0 Å². The van der Waals surface area contributed by atoms with Gasteiger partial charge in [0.15, 0.2) is 0 Å². The van der Waals surface area contributed by atoms with Gasteiger partial charge in [-0.3, -0.25) is 0 Å². The lowest BCUT2D eigenvalue weighted by Gasteiger charge is -1.96. The minimum Gasteiger partial charge on any atom is -0.478 e. The number of aromatic carboxylic acids is 1. The van der Waals surface area contributed by atoms with Crippen LogP contribution in [0.5, 0.6) is 0 Å². The standard InChI is InChI=1S/C7H7NO4S/c1-3-4(6(9)10)5(13-8-3)7(11)12-2/h1-2H3,(H,9,10). The third kappa shape index (κ3) is 1.67. The van der Waals surface area contributed by atoms with Crippen molar-refractivity contribution in [2.75, 3.05) is 7.11 Å². The molecule has 0 saturated carbocycles. The zero-order valence-electron chi connectivity index (χ0n) is 7.03. The van der Waals surface area contributed by atoms with Gasteiger partial charge in [-0.2, -0.15) is 4.37 Å². The maximum Gasteiger partial charge on any atom is 0.350 e. The molecule has 1 aromatic rings. The van der Waals surface area contributed by atoms with Gasteiger partial charge in [-0.05, 0) is 18.5 Å². The number of carboxylic acids is 1. The molecule has 5 nitrogen and oxygen atoms in total. The summed E-state index contributed by atoms with van der Waals surface area (Å²) >= 11 is 0.832. The van der Waals surface area contributed by atoms with Crippen LogP contribution in [0.25, 0.3) is 0 Å². The molecule has 13 heavy (non-hydrogen) atoms. The molecule has 0 amide bonds. The van der Waals surface area contributed by atoms with E-state index in [1.54, 1.807) is 0 Å². The zero-order chi connectivity index (χ0) is 10.0. The van der Waals surface area contributed by atoms with E-state index in [4.69, 9.17) is 5.11 Å². The van der Waals surface area contributed by atoms with Crippen LogP contribution in [0.15, 0.2) is 0 Å². The Labute approximate surface area is 78.1 Å². The maximum absolute atomic E-state index is 11.0. The van der Waals surface area contributed by atoms with E-state index in [9.17, 15) is 9.59 Å². The molecule has 1 aromatic heterocycles. The molecule has 0 unspecified atom stereocenters. The lowest BCUT2D eigenvalue weighted by Crippen LogP contribution is -2.07. The Morgan fingerprint density at radius 1 is 1.54 bits per heavy atom. The number of hydrogen-bond acceptors (Lipinski definition) is 5. The van der Waals surface area contributed by atoms with Crippen molar-refractivity contribution in [1.82, 2.24) is 4.37 Å². The van der Waals surface area contributed by atoms with Crippen LogP contribution in [0.2, 0.25) is 0 Å². The van der Waals surface area contributed by atoms with E-state index in [1.807, 2.05) is 0 Å². The van der Waals surface area contributed by atoms with Crippen molar-refractivity contribution >= 4 is 23.5 Å². The summed E-state index contributed by atoms with van der Waals surface area (Å²) in [5, 5.41) is 8.74. The molecular weight excluding hydrogens is 194 g/mol. The average molecular weight is 201 g/mol. The van der Waals surface area contributed by atoms with Crippen LogP contribution in [0.3, 0.4) is 0 Å². The number of carbonyl (C=O) groups excluding carboxylic acids is 1. The Hall–Kier alpha value is -1.43. The number of nitrogens with zero attached hydrogens (tertiary/aromatic N) is 1. The van der Waals surface area contributed by atoms with Crippen molar-refractivity contribution in [2.24, 2.45) is 0 Å². The van der Waals surface area contributed by atoms with Crippen molar-refractivity contribution in [3.05, 3.63) is 16.1 Å². The van der Waals surface area contributed by atoms with Gasteiger partial charge in [0.05, 0.1) is 12.8 Å².